The van der Waals surface area contributed by atoms with Crippen LogP contribution in [0.5, 0.6) is 5.75 Å². The Morgan fingerprint density at radius 1 is 1.39 bits per heavy atom. The highest BCUT2D eigenvalue weighted by Gasteiger charge is 2.18. The van der Waals surface area contributed by atoms with Crippen molar-refractivity contribution in [2.24, 2.45) is 0 Å². The quantitative estimate of drug-likeness (QED) is 0.593. The first-order chi connectivity index (χ1) is 10.9. The lowest BCUT2D eigenvalue weighted by Gasteiger charge is -2.18. The molecule has 6 nitrogen and oxygen atoms in total. The Bertz CT molecular complexity index is 551. The summed E-state index contributed by atoms with van der Waals surface area (Å²) in [6.07, 6.45) is 0. The van der Waals surface area contributed by atoms with Crippen molar-refractivity contribution in [1.82, 2.24) is 10.6 Å². The van der Waals surface area contributed by atoms with E-state index in [0.29, 0.717) is 13.1 Å². The van der Waals surface area contributed by atoms with Crippen molar-refractivity contribution >= 4 is 27.7 Å². The first-order valence-electron chi connectivity index (χ1n) is 7.58. The van der Waals surface area contributed by atoms with E-state index in [2.05, 4.69) is 26.6 Å². The van der Waals surface area contributed by atoms with Crippen molar-refractivity contribution in [3.05, 3.63) is 28.2 Å². The van der Waals surface area contributed by atoms with E-state index in [0.717, 1.165) is 20.7 Å². The minimum Gasteiger partial charge on any atom is -0.496 e. The maximum atomic E-state index is 12.0. The van der Waals surface area contributed by atoms with E-state index < -0.39 is 6.04 Å². The van der Waals surface area contributed by atoms with E-state index in [4.69, 9.17) is 4.74 Å². The van der Waals surface area contributed by atoms with Gasteiger partial charge in [-0.3, -0.25) is 9.59 Å². The summed E-state index contributed by atoms with van der Waals surface area (Å²) in [5, 5.41) is 5.39. The van der Waals surface area contributed by atoms with Gasteiger partial charge in [0.15, 0.2) is 6.54 Å². The Morgan fingerprint density at radius 3 is 2.70 bits per heavy atom. The fourth-order valence-corrected chi connectivity index (χ4v) is 2.64. The molecule has 0 fully saturated rings. The highest BCUT2D eigenvalue weighted by atomic mass is 79.9. The average molecular weight is 387 g/mol. The molecule has 2 amide bonds. The van der Waals surface area contributed by atoms with Crippen LogP contribution in [-0.2, 0) is 16.1 Å². The van der Waals surface area contributed by atoms with Crippen LogP contribution in [0.4, 0.5) is 0 Å². The van der Waals surface area contributed by atoms with Crippen molar-refractivity contribution in [2.45, 2.75) is 26.4 Å². The van der Waals surface area contributed by atoms with Gasteiger partial charge in [0.2, 0.25) is 5.91 Å². The lowest BCUT2D eigenvalue weighted by Crippen LogP contribution is -3.09. The predicted molar refractivity (Wildman–Crippen MR) is 92.4 cm³/mol. The first-order valence-corrected chi connectivity index (χ1v) is 8.37. The number of ether oxygens (including phenoxy) is 1. The summed E-state index contributed by atoms with van der Waals surface area (Å²) in [7, 11) is 3.56. The number of amides is 2. The molecule has 0 heterocycles. The van der Waals surface area contributed by atoms with Crippen molar-refractivity contribution in [2.75, 3.05) is 27.2 Å². The van der Waals surface area contributed by atoms with Gasteiger partial charge in [-0.25, -0.2) is 0 Å². The van der Waals surface area contributed by atoms with E-state index in [9.17, 15) is 9.59 Å². The van der Waals surface area contributed by atoms with Gasteiger partial charge in [0.05, 0.1) is 14.2 Å². The van der Waals surface area contributed by atoms with Crippen molar-refractivity contribution in [3.63, 3.8) is 0 Å². The molecule has 1 aromatic carbocycles. The van der Waals surface area contributed by atoms with Crippen LogP contribution in [0.15, 0.2) is 22.7 Å². The van der Waals surface area contributed by atoms with E-state index in [1.54, 1.807) is 14.0 Å². The van der Waals surface area contributed by atoms with Gasteiger partial charge < -0.3 is 20.3 Å². The molecule has 1 aromatic rings. The molecule has 0 radical (unpaired) electrons. The van der Waals surface area contributed by atoms with Gasteiger partial charge in [0, 0.05) is 16.6 Å². The number of quaternary nitrogens is 1. The largest absolute Gasteiger partial charge is 0.496 e. The summed E-state index contributed by atoms with van der Waals surface area (Å²) in [5.74, 6) is 0.464. The molecule has 1 unspecified atom stereocenters. The summed E-state index contributed by atoms with van der Waals surface area (Å²) in [4.78, 5) is 24.7. The van der Waals surface area contributed by atoms with Crippen LogP contribution in [0, 0.1) is 0 Å². The second-order valence-corrected chi connectivity index (χ2v) is 6.37. The van der Waals surface area contributed by atoms with Gasteiger partial charge in [0.25, 0.3) is 5.91 Å². The highest BCUT2D eigenvalue weighted by Crippen LogP contribution is 2.21. The zero-order chi connectivity index (χ0) is 17.4. The van der Waals surface area contributed by atoms with Crippen LogP contribution >= 0.6 is 15.9 Å². The fraction of sp³-hybridized carbons (Fsp3) is 0.500. The Morgan fingerprint density at radius 2 is 2.09 bits per heavy atom. The first kappa shape index (κ1) is 19.4. The summed E-state index contributed by atoms with van der Waals surface area (Å²) < 4.78 is 6.31. The van der Waals surface area contributed by atoms with Crippen LogP contribution in [0.1, 0.15) is 19.4 Å². The van der Waals surface area contributed by atoms with Crippen LogP contribution in [0.2, 0.25) is 0 Å². The van der Waals surface area contributed by atoms with Crippen molar-refractivity contribution in [3.8, 4) is 5.75 Å². The average Bonchev–Trinajstić information content (AvgIpc) is 2.47. The molecule has 0 saturated carbocycles. The Balaban J connectivity index is 2.56. The Labute approximate surface area is 145 Å². The molecule has 0 saturated heterocycles. The Kier molecular flexibility index (Phi) is 8.05. The van der Waals surface area contributed by atoms with Gasteiger partial charge in [-0.05, 0) is 32.0 Å². The molecule has 1 rings (SSSR count). The maximum Gasteiger partial charge on any atom is 0.275 e. The maximum absolute atomic E-state index is 12.0. The van der Waals surface area contributed by atoms with Crippen LogP contribution in [0.25, 0.3) is 0 Å². The number of methoxy groups -OCH3 is 1. The molecule has 0 aromatic heterocycles. The lowest BCUT2D eigenvalue weighted by atomic mass is 10.2. The molecule has 128 valence electrons. The molecule has 0 spiro atoms. The molecule has 0 bridgehead atoms. The number of hydrogen-bond acceptors (Lipinski definition) is 3. The third kappa shape index (κ3) is 6.58. The summed E-state index contributed by atoms with van der Waals surface area (Å²) in [6.45, 7) is 4.99. The summed E-state index contributed by atoms with van der Waals surface area (Å²) in [6, 6.07) is 5.26. The summed E-state index contributed by atoms with van der Waals surface area (Å²) >= 11 is 3.44. The number of halogens is 1. The normalized spacial score (nSPS) is 13.1. The van der Waals surface area contributed by atoms with E-state index in [1.807, 2.05) is 32.2 Å². The van der Waals surface area contributed by atoms with Gasteiger partial charge in [0.1, 0.15) is 18.3 Å². The van der Waals surface area contributed by atoms with Crippen LogP contribution in [-0.4, -0.2) is 45.1 Å². The number of hydrogen-bond donors (Lipinski definition) is 3. The monoisotopic (exact) mass is 386 g/mol. The van der Waals surface area contributed by atoms with E-state index >= 15 is 0 Å². The number of likely N-dealkylation sites (N-methyl/N-ethyl adjacent to an activating group) is 2. The van der Waals surface area contributed by atoms with Crippen LogP contribution in [0.3, 0.4) is 0 Å². The van der Waals surface area contributed by atoms with Gasteiger partial charge >= 0.3 is 0 Å². The SMILES string of the molecule is CCNC(=O)[C@H](C)NC(=O)C[NH+](C)Cc1cc(Br)ccc1OC. The van der Waals surface area contributed by atoms with Crippen LogP contribution < -0.4 is 20.3 Å². The zero-order valence-corrected chi connectivity index (χ0v) is 15.6. The summed E-state index contributed by atoms with van der Waals surface area (Å²) in [5.41, 5.74) is 1.02. The van der Waals surface area contributed by atoms with Gasteiger partial charge in [-0.1, -0.05) is 15.9 Å². The third-order valence-corrected chi connectivity index (χ3v) is 3.81. The zero-order valence-electron chi connectivity index (χ0n) is 14.0. The number of rotatable bonds is 8. The number of carbonyl (C=O) groups excluding carboxylic acids is 2. The molecule has 2 atom stereocenters. The van der Waals surface area contributed by atoms with Crippen molar-refractivity contribution < 1.29 is 19.2 Å². The van der Waals surface area contributed by atoms with E-state index in [-0.39, 0.29) is 18.4 Å². The second-order valence-electron chi connectivity index (χ2n) is 5.45. The number of nitrogens with one attached hydrogen (secondary N) is 3. The van der Waals surface area contributed by atoms with Gasteiger partial charge in [-0.2, -0.15) is 0 Å². The number of carbonyl (C=O) groups is 2. The minimum absolute atomic E-state index is 0.157. The molecule has 0 aliphatic carbocycles. The third-order valence-electron chi connectivity index (χ3n) is 3.32. The molecular formula is C16H25BrN3O3+. The molecule has 7 heteroatoms. The smallest absolute Gasteiger partial charge is 0.275 e. The highest BCUT2D eigenvalue weighted by molar-refractivity contribution is 9.10. The lowest BCUT2D eigenvalue weighted by molar-refractivity contribution is -0.885. The molecule has 3 N–H and O–H groups in total. The standard InChI is InChI=1S/C16H24BrN3O3/c1-5-18-16(22)11(2)19-15(21)10-20(3)9-12-8-13(17)6-7-14(12)23-4/h6-8,11H,5,9-10H2,1-4H3,(H,18,22)(H,19,21)/p+1/t11-/m0/s1. The fourth-order valence-electron chi connectivity index (χ4n) is 2.23. The molecular weight excluding hydrogens is 362 g/mol. The predicted octanol–water partition coefficient (Wildman–Crippen LogP) is 0.113. The molecule has 23 heavy (non-hydrogen) atoms. The minimum atomic E-state index is -0.532. The van der Waals surface area contributed by atoms with Crippen molar-refractivity contribution in [1.29, 1.82) is 0 Å². The molecule has 0 aliphatic heterocycles. The van der Waals surface area contributed by atoms with Gasteiger partial charge in [-0.15, -0.1) is 0 Å². The Hall–Kier alpha value is -1.60. The second kappa shape index (κ2) is 9.52. The van der Waals surface area contributed by atoms with E-state index in [1.165, 1.54) is 0 Å². The topological polar surface area (TPSA) is 71.9 Å². The number of benzene rings is 1. The molecule has 0 aliphatic rings.